The van der Waals surface area contributed by atoms with Crippen molar-refractivity contribution in [2.24, 2.45) is 5.92 Å². The molecule has 1 aliphatic heterocycles. The topological polar surface area (TPSA) is 27.0 Å². The molecule has 0 aliphatic carbocycles. The van der Waals surface area contributed by atoms with Gasteiger partial charge in [0.25, 0.3) is 0 Å². The van der Waals surface area contributed by atoms with Crippen molar-refractivity contribution in [2.45, 2.75) is 17.7 Å². The van der Waals surface area contributed by atoms with Gasteiger partial charge in [-0.15, -0.1) is 11.8 Å². The first-order valence-corrected chi connectivity index (χ1v) is 7.14. The highest BCUT2D eigenvalue weighted by Crippen LogP contribution is 2.25. The van der Waals surface area contributed by atoms with Crippen LogP contribution in [0.15, 0.2) is 35.2 Å². The number of rotatable bonds is 5. The van der Waals surface area contributed by atoms with Gasteiger partial charge in [0.05, 0.1) is 6.07 Å². The second kappa shape index (κ2) is 6.68. The van der Waals surface area contributed by atoms with Gasteiger partial charge in [0.15, 0.2) is 0 Å². The molecule has 3 heteroatoms. The molecule has 2 rings (SSSR count). The van der Waals surface area contributed by atoms with E-state index in [-0.39, 0.29) is 0 Å². The third kappa shape index (κ3) is 4.07. The second-order valence-corrected chi connectivity index (χ2v) is 5.58. The lowest BCUT2D eigenvalue weighted by Gasteiger charge is -2.13. The summed E-state index contributed by atoms with van der Waals surface area (Å²) in [4.78, 5) is 3.78. The summed E-state index contributed by atoms with van der Waals surface area (Å²) in [7, 11) is 0. The molecule has 1 aliphatic rings. The van der Waals surface area contributed by atoms with E-state index in [4.69, 9.17) is 5.26 Å². The van der Waals surface area contributed by atoms with Gasteiger partial charge < -0.3 is 4.90 Å². The molecule has 17 heavy (non-hydrogen) atoms. The summed E-state index contributed by atoms with van der Waals surface area (Å²) in [5.74, 6) is 1.99. The summed E-state index contributed by atoms with van der Waals surface area (Å²) in [6.07, 6.45) is 1.95. The van der Waals surface area contributed by atoms with Gasteiger partial charge in [0.2, 0.25) is 0 Å². The monoisotopic (exact) mass is 246 g/mol. The Balaban J connectivity index is 1.70. The molecule has 90 valence electrons. The van der Waals surface area contributed by atoms with Crippen LogP contribution >= 0.6 is 11.8 Å². The molecule has 2 nitrogen and oxygen atoms in total. The first-order valence-electron chi connectivity index (χ1n) is 6.15. The molecular weight excluding hydrogens is 228 g/mol. The minimum absolute atomic E-state index is 0.665. The van der Waals surface area contributed by atoms with Gasteiger partial charge in [-0.05, 0) is 31.0 Å². The highest BCUT2D eigenvalue weighted by molar-refractivity contribution is 7.99. The average molecular weight is 246 g/mol. The minimum Gasteiger partial charge on any atom is -0.302 e. The Labute approximate surface area is 108 Å². The molecule has 1 atom stereocenters. The van der Waals surface area contributed by atoms with E-state index in [0.29, 0.717) is 6.42 Å². The van der Waals surface area contributed by atoms with Crippen LogP contribution in [0.4, 0.5) is 0 Å². The Morgan fingerprint density at radius 2 is 2.18 bits per heavy atom. The Morgan fingerprint density at radius 1 is 1.35 bits per heavy atom. The summed E-state index contributed by atoms with van der Waals surface area (Å²) in [5.41, 5.74) is 0. The van der Waals surface area contributed by atoms with Crippen LogP contribution in [-0.4, -0.2) is 30.3 Å². The fourth-order valence-electron chi connectivity index (χ4n) is 2.19. The zero-order valence-electron chi connectivity index (χ0n) is 10.0. The molecule has 0 spiro atoms. The summed E-state index contributed by atoms with van der Waals surface area (Å²) in [6, 6.07) is 12.8. The smallest absolute Gasteiger partial charge is 0.0635 e. The maximum atomic E-state index is 8.56. The van der Waals surface area contributed by atoms with Gasteiger partial charge in [-0.1, -0.05) is 18.2 Å². The minimum atomic E-state index is 0.665. The number of likely N-dealkylation sites (tertiary alicyclic amines) is 1. The van der Waals surface area contributed by atoms with Crippen LogP contribution in [0.3, 0.4) is 0 Å². The molecule has 0 bridgehead atoms. The van der Waals surface area contributed by atoms with Gasteiger partial charge in [-0.25, -0.2) is 0 Å². The fourth-order valence-corrected chi connectivity index (χ4v) is 3.24. The molecular formula is C14H18N2S. The summed E-state index contributed by atoms with van der Waals surface area (Å²) < 4.78 is 0. The molecule has 0 N–H and O–H groups in total. The second-order valence-electron chi connectivity index (χ2n) is 4.49. The Morgan fingerprint density at radius 3 is 2.94 bits per heavy atom. The van der Waals surface area contributed by atoms with E-state index in [2.05, 4.69) is 41.3 Å². The lowest BCUT2D eigenvalue weighted by molar-refractivity contribution is 0.337. The number of hydrogen-bond donors (Lipinski definition) is 0. The molecule has 1 aromatic carbocycles. The van der Waals surface area contributed by atoms with Gasteiger partial charge in [0.1, 0.15) is 0 Å². The fraction of sp³-hybridized carbons (Fsp3) is 0.500. The van der Waals surface area contributed by atoms with Crippen LogP contribution in [0.25, 0.3) is 0 Å². The maximum Gasteiger partial charge on any atom is 0.0635 e. The molecule has 0 radical (unpaired) electrons. The van der Waals surface area contributed by atoms with Crippen molar-refractivity contribution < 1.29 is 0 Å². The maximum absolute atomic E-state index is 8.56. The number of hydrogen-bond acceptors (Lipinski definition) is 3. The van der Waals surface area contributed by atoms with Crippen LogP contribution in [0.1, 0.15) is 12.8 Å². The summed E-state index contributed by atoms with van der Waals surface area (Å²) >= 11 is 1.95. The van der Waals surface area contributed by atoms with E-state index < -0.39 is 0 Å². The predicted octanol–water partition coefficient (Wildman–Crippen LogP) is 3.01. The average Bonchev–Trinajstić information content (AvgIpc) is 2.83. The number of nitrogens with zero attached hydrogens (tertiary/aromatic N) is 2. The van der Waals surface area contributed by atoms with Gasteiger partial charge in [-0.2, -0.15) is 5.26 Å². The largest absolute Gasteiger partial charge is 0.302 e. The third-order valence-corrected chi connectivity index (χ3v) is 4.38. The molecule has 0 amide bonds. The SMILES string of the molecule is N#CCCN1CCC(CSc2ccccc2)C1. The van der Waals surface area contributed by atoms with E-state index in [0.717, 1.165) is 12.5 Å². The quantitative estimate of drug-likeness (QED) is 0.747. The van der Waals surface area contributed by atoms with Crippen LogP contribution < -0.4 is 0 Å². The van der Waals surface area contributed by atoms with Crippen molar-refractivity contribution in [1.82, 2.24) is 4.90 Å². The van der Waals surface area contributed by atoms with Crippen molar-refractivity contribution >= 4 is 11.8 Å². The molecule has 1 heterocycles. The Kier molecular flexibility index (Phi) is 4.90. The van der Waals surface area contributed by atoms with E-state index >= 15 is 0 Å². The van der Waals surface area contributed by atoms with E-state index in [1.807, 2.05) is 11.8 Å². The highest BCUT2D eigenvalue weighted by Gasteiger charge is 2.21. The van der Waals surface area contributed by atoms with Gasteiger partial charge in [0, 0.05) is 30.2 Å². The van der Waals surface area contributed by atoms with Crippen LogP contribution in [0, 0.1) is 17.2 Å². The van der Waals surface area contributed by atoms with Crippen molar-refractivity contribution in [2.75, 3.05) is 25.4 Å². The zero-order valence-corrected chi connectivity index (χ0v) is 10.8. The number of thioether (sulfide) groups is 1. The lowest BCUT2D eigenvalue weighted by atomic mass is 10.2. The highest BCUT2D eigenvalue weighted by atomic mass is 32.2. The van der Waals surface area contributed by atoms with E-state index in [9.17, 15) is 0 Å². The molecule has 0 aromatic heterocycles. The van der Waals surface area contributed by atoms with Gasteiger partial charge in [-0.3, -0.25) is 0 Å². The van der Waals surface area contributed by atoms with Crippen molar-refractivity contribution in [3.05, 3.63) is 30.3 Å². The molecule has 1 saturated heterocycles. The van der Waals surface area contributed by atoms with Crippen LogP contribution in [0.2, 0.25) is 0 Å². The number of nitriles is 1. The lowest BCUT2D eigenvalue weighted by Crippen LogP contribution is -2.22. The third-order valence-electron chi connectivity index (χ3n) is 3.14. The first kappa shape index (κ1) is 12.5. The predicted molar refractivity (Wildman–Crippen MR) is 71.9 cm³/mol. The Hall–Kier alpha value is -0.980. The van der Waals surface area contributed by atoms with Crippen molar-refractivity contribution in [3.63, 3.8) is 0 Å². The molecule has 1 unspecified atom stereocenters. The van der Waals surface area contributed by atoms with Crippen LogP contribution in [-0.2, 0) is 0 Å². The van der Waals surface area contributed by atoms with E-state index in [1.165, 1.54) is 30.2 Å². The molecule has 1 aromatic rings. The molecule has 0 saturated carbocycles. The zero-order chi connectivity index (χ0) is 11.9. The normalized spacial score (nSPS) is 20.3. The summed E-state index contributed by atoms with van der Waals surface area (Å²) in [6.45, 7) is 3.28. The summed E-state index contributed by atoms with van der Waals surface area (Å²) in [5, 5.41) is 8.56. The van der Waals surface area contributed by atoms with E-state index in [1.54, 1.807) is 0 Å². The van der Waals surface area contributed by atoms with Gasteiger partial charge >= 0.3 is 0 Å². The van der Waals surface area contributed by atoms with Crippen molar-refractivity contribution in [3.8, 4) is 6.07 Å². The first-order chi connectivity index (χ1) is 8.38. The Bertz CT molecular complexity index is 372. The molecule has 1 fully saturated rings. The number of benzene rings is 1. The van der Waals surface area contributed by atoms with Crippen molar-refractivity contribution in [1.29, 1.82) is 5.26 Å². The van der Waals surface area contributed by atoms with Crippen LogP contribution in [0.5, 0.6) is 0 Å². The standard InChI is InChI=1S/C14H18N2S/c15-8-4-9-16-10-7-13(11-16)12-17-14-5-2-1-3-6-14/h1-3,5-6,13H,4,7,9-12H2.